The van der Waals surface area contributed by atoms with Gasteiger partial charge in [-0.05, 0) is 23.9 Å². The van der Waals surface area contributed by atoms with E-state index in [2.05, 4.69) is 9.47 Å². The molecule has 6 nitrogen and oxygen atoms in total. The zero-order valence-corrected chi connectivity index (χ0v) is 11.8. The van der Waals surface area contributed by atoms with Gasteiger partial charge < -0.3 is 19.7 Å². The van der Waals surface area contributed by atoms with Crippen LogP contribution in [0.5, 0.6) is 11.5 Å². The Morgan fingerprint density at radius 3 is 2.14 bits per heavy atom. The Labute approximate surface area is 120 Å². The monoisotopic (exact) mass is 290 g/mol. The number of carbonyl (C=O) groups is 2. The van der Waals surface area contributed by atoms with Crippen LogP contribution in [-0.4, -0.2) is 36.4 Å². The van der Waals surface area contributed by atoms with Crippen LogP contribution >= 0.6 is 0 Å². The fraction of sp³-hybridized carbons (Fsp3) is 0.200. The second-order valence-electron chi connectivity index (χ2n) is 4.41. The molecule has 21 heavy (non-hydrogen) atoms. The molecule has 6 heteroatoms. The summed E-state index contributed by atoms with van der Waals surface area (Å²) in [6.07, 6.45) is 0. The van der Waals surface area contributed by atoms with E-state index >= 15 is 0 Å². The van der Waals surface area contributed by atoms with Crippen molar-refractivity contribution >= 4 is 22.7 Å². The largest absolute Gasteiger partial charge is 0.507 e. The summed E-state index contributed by atoms with van der Waals surface area (Å²) in [5, 5.41) is 20.8. The predicted octanol–water partition coefficient (Wildman–Crippen LogP) is 2.13. The number of fused-ring (bicyclic) bond motifs is 1. The Morgan fingerprint density at radius 2 is 1.57 bits per heavy atom. The first-order chi connectivity index (χ1) is 9.93. The molecule has 0 aromatic heterocycles. The highest BCUT2D eigenvalue weighted by Crippen LogP contribution is 2.40. The van der Waals surface area contributed by atoms with Crippen molar-refractivity contribution in [1.29, 1.82) is 0 Å². The molecule has 0 saturated heterocycles. The molecule has 2 N–H and O–H groups in total. The van der Waals surface area contributed by atoms with Gasteiger partial charge in [0, 0.05) is 0 Å². The van der Waals surface area contributed by atoms with E-state index in [9.17, 15) is 19.8 Å². The van der Waals surface area contributed by atoms with Gasteiger partial charge in [0.25, 0.3) is 0 Å². The van der Waals surface area contributed by atoms with E-state index < -0.39 is 17.7 Å². The first-order valence-electron chi connectivity index (χ1n) is 6.07. The van der Waals surface area contributed by atoms with Gasteiger partial charge in [-0.2, -0.15) is 0 Å². The molecule has 0 radical (unpaired) electrons. The van der Waals surface area contributed by atoms with Crippen molar-refractivity contribution in [3.05, 3.63) is 34.9 Å². The summed E-state index contributed by atoms with van der Waals surface area (Å²) in [7, 11) is 2.31. The zero-order chi connectivity index (χ0) is 15.7. The SMILES string of the molecule is COC(=O)c1c(C(=O)OC)c(O)c2c(O)cccc2c1C. The van der Waals surface area contributed by atoms with Crippen LogP contribution in [0.2, 0.25) is 0 Å². The fourth-order valence-electron chi connectivity index (χ4n) is 2.33. The molecular formula is C15H14O6. The summed E-state index contributed by atoms with van der Waals surface area (Å²) in [6, 6.07) is 4.57. The molecule has 0 spiro atoms. The first kappa shape index (κ1) is 14.6. The van der Waals surface area contributed by atoms with Crippen LogP contribution in [0.1, 0.15) is 26.3 Å². The molecule has 0 heterocycles. The Morgan fingerprint density at radius 1 is 1.00 bits per heavy atom. The van der Waals surface area contributed by atoms with Crippen LogP contribution in [0.25, 0.3) is 10.8 Å². The lowest BCUT2D eigenvalue weighted by atomic mass is 9.93. The van der Waals surface area contributed by atoms with Crippen molar-refractivity contribution in [3.8, 4) is 11.5 Å². The van der Waals surface area contributed by atoms with Crippen LogP contribution in [-0.2, 0) is 9.47 Å². The number of carbonyl (C=O) groups excluding carboxylic acids is 2. The van der Waals surface area contributed by atoms with Gasteiger partial charge >= 0.3 is 11.9 Å². The maximum absolute atomic E-state index is 12.0. The minimum atomic E-state index is -0.888. The number of ether oxygens (including phenoxy) is 2. The van der Waals surface area contributed by atoms with Crippen LogP contribution in [0.15, 0.2) is 18.2 Å². The van der Waals surface area contributed by atoms with E-state index in [4.69, 9.17) is 0 Å². The number of methoxy groups -OCH3 is 2. The lowest BCUT2D eigenvalue weighted by Crippen LogP contribution is -2.14. The van der Waals surface area contributed by atoms with E-state index in [1.165, 1.54) is 13.2 Å². The number of rotatable bonds is 2. The molecule has 0 aliphatic heterocycles. The Balaban J connectivity index is 3.03. The molecule has 0 saturated carbocycles. The summed E-state index contributed by atoms with van der Waals surface area (Å²) in [6.45, 7) is 1.60. The van der Waals surface area contributed by atoms with E-state index in [1.54, 1.807) is 19.1 Å². The Hall–Kier alpha value is -2.76. The number of phenols is 2. The van der Waals surface area contributed by atoms with E-state index in [-0.39, 0.29) is 22.3 Å². The van der Waals surface area contributed by atoms with Gasteiger partial charge in [0.15, 0.2) is 0 Å². The third-order valence-corrected chi connectivity index (χ3v) is 3.32. The van der Waals surface area contributed by atoms with Gasteiger partial charge in [-0.3, -0.25) is 0 Å². The van der Waals surface area contributed by atoms with Crippen LogP contribution < -0.4 is 0 Å². The Bertz CT molecular complexity index is 748. The van der Waals surface area contributed by atoms with Crippen molar-refractivity contribution in [3.63, 3.8) is 0 Å². The van der Waals surface area contributed by atoms with Gasteiger partial charge in [0.2, 0.25) is 0 Å². The van der Waals surface area contributed by atoms with Crippen molar-refractivity contribution in [2.45, 2.75) is 6.92 Å². The second kappa shape index (κ2) is 5.32. The van der Waals surface area contributed by atoms with Crippen LogP contribution in [0, 0.1) is 6.92 Å². The number of aryl methyl sites for hydroxylation is 1. The minimum absolute atomic E-state index is 0.0834. The topological polar surface area (TPSA) is 93.1 Å². The van der Waals surface area contributed by atoms with Gasteiger partial charge in [0.1, 0.15) is 17.1 Å². The number of esters is 2. The summed E-state index contributed by atoms with van der Waals surface area (Å²) < 4.78 is 9.27. The van der Waals surface area contributed by atoms with Gasteiger partial charge in [-0.25, -0.2) is 9.59 Å². The zero-order valence-electron chi connectivity index (χ0n) is 11.8. The Kier molecular flexibility index (Phi) is 3.71. The molecule has 2 aromatic carbocycles. The normalized spacial score (nSPS) is 10.4. The first-order valence-corrected chi connectivity index (χ1v) is 6.07. The third kappa shape index (κ3) is 2.14. The summed E-state index contributed by atoms with van der Waals surface area (Å²) in [4.78, 5) is 23.9. The molecule has 0 aliphatic carbocycles. The average Bonchev–Trinajstić information content (AvgIpc) is 2.48. The maximum Gasteiger partial charge on any atom is 0.342 e. The summed E-state index contributed by atoms with van der Waals surface area (Å²) in [5.41, 5.74) is 0.00162. The number of benzene rings is 2. The lowest BCUT2D eigenvalue weighted by Gasteiger charge is -2.15. The van der Waals surface area contributed by atoms with Crippen molar-refractivity contribution < 1.29 is 29.3 Å². The lowest BCUT2D eigenvalue weighted by molar-refractivity contribution is 0.0552. The van der Waals surface area contributed by atoms with Crippen LogP contribution in [0.4, 0.5) is 0 Å². The highest BCUT2D eigenvalue weighted by Gasteiger charge is 2.28. The van der Waals surface area contributed by atoms with E-state index in [1.807, 2.05) is 0 Å². The number of phenolic OH excluding ortho intramolecular Hbond substituents is 2. The molecule has 0 amide bonds. The van der Waals surface area contributed by atoms with Gasteiger partial charge in [0.05, 0.1) is 25.2 Å². The van der Waals surface area contributed by atoms with Crippen molar-refractivity contribution in [2.24, 2.45) is 0 Å². The highest BCUT2D eigenvalue weighted by molar-refractivity contribution is 6.13. The standard InChI is InChI=1S/C15H14O6/c1-7-8-5-4-6-9(16)11(8)13(17)12(15(19)21-3)10(7)14(18)20-2/h4-6,16-17H,1-3H3. The second-order valence-corrected chi connectivity index (χ2v) is 4.41. The smallest absolute Gasteiger partial charge is 0.342 e. The molecular weight excluding hydrogens is 276 g/mol. The molecule has 2 rings (SSSR count). The van der Waals surface area contributed by atoms with Crippen molar-refractivity contribution in [1.82, 2.24) is 0 Å². The highest BCUT2D eigenvalue weighted by atomic mass is 16.5. The number of hydrogen-bond acceptors (Lipinski definition) is 6. The fourth-order valence-corrected chi connectivity index (χ4v) is 2.33. The quantitative estimate of drug-likeness (QED) is 0.823. The predicted molar refractivity (Wildman–Crippen MR) is 74.7 cm³/mol. The number of hydrogen-bond donors (Lipinski definition) is 2. The molecule has 2 aromatic rings. The van der Waals surface area contributed by atoms with Gasteiger partial charge in [-0.15, -0.1) is 0 Å². The van der Waals surface area contributed by atoms with E-state index in [0.717, 1.165) is 7.11 Å². The van der Waals surface area contributed by atoms with E-state index in [0.29, 0.717) is 10.9 Å². The molecule has 0 atom stereocenters. The van der Waals surface area contributed by atoms with Gasteiger partial charge in [-0.1, -0.05) is 12.1 Å². The maximum atomic E-state index is 12.0. The molecule has 0 aliphatic rings. The summed E-state index contributed by atoms with van der Waals surface area (Å²) >= 11 is 0. The molecule has 0 bridgehead atoms. The molecule has 0 fully saturated rings. The van der Waals surface area contributed by atoms with Crippen molar-refractivity contribution in [2.75, 3.05) is 14.2 Å². The number of aromatic hydroxyl groups is 2. The molecule has 0 unspecified atom stereocenters. The molecule has 110 valence electrons. The van der Waals surface area contributed by atoms with Crippen LogP contribution in [0.3, 0.4) is 0 Å². The summed E-state index contributed by atoms with van der Waals surface area (Å²) in [5.74, 6) is -2.37. The third-order valence-electron chi connectivity index (χ3n) is 3.32. The average molecular weight is 290 g/mol. The minimum Gasteiger partial charge on any atom is -0.507 e.